The quantitative estimate of drug-likeness (QED) is 0.386. The molecule has 7 rings (SSSR count). The first kappa shape index (κ1) is 34.1. The molecule has 268 valence electrons. The summed E-state index contributed by atoms with van der Waals surface area (Å²) in [5.41, 5.74) is 4.77. The van der Waals surface area contributed by atoms with Crippen molar-refractivity contribution in [2.24, 2.45) is 0 Å². The minimum atomic E-state index is -0.934. The number of nitrogens with zero attached hydrogens (tertiary/aromatic N) is 6. The van der Waals surface area contributed by atoms with E-state index in [0.29, 0.717) is 64.4 Å². The lowest BCUT2D eigenvalue weighted by molar-refractivity contribution is -0.142. The number of fused-ring (bicyclic) bond motifs is 2. The number of urea groups is 1. The normalized spacial score (nSPS) is 20.7. The molecule has 5 heterocycles. The number of piperidine rings is 2. The van der Waals surface area contributed by atoms with Crippen molar-refractivity contribution in [1.29, 1.82) is 0 Å². The van der Waals surface area contributed by atoms with Crippen LogP contribution >= 0.6 is 0 Å². The van der Waals surface area contributed by atoms with Crippen LogP contribution in [0.15, 0.2) is 36.5 Å². The molecule has 13 heteroatoms. The van der Waals surface area contributed by atoms with Crippen molar-refractivity contribution >= 4 is 34.6 Å². The minimum Gasteiger partial charge on any atom is -0.497 e. The van der Waals surface area contributed by atoms with Crippen LogP contribution < -0.4 is 10.1 Å². The van der Waals surface area contributed by atoms with Crippen LogP contribution in [0.5, 0.6) is 5.75 Å². The number of methoxy groups -OCH3 is 1. The van der Waals surface area contributed by atoms with E-state index < -0.39 is 12.2 Å². The molecule has 4 amide bonds. The predicted octanol–water partition coefficient (Wildman–Crippen LogP) is 3.72. The Morgan fingerprint density at radius 1 is 0.920 bits per heavy atom. The molecule has 0 radical (unpaired) electrons. The van der Waals surface area contributed by atoms with Crippen molar-refractivity contribution in [1.82, 2.24) is 34.7 Å². The van der Waals surface area contributed by atoms with E-state index in [0.717, 1.165) is 78.1 Å². The van der Waals surface area contributed by atoms with E-state index >= 15 is 0 Å². The molecule has 0 bridgehead atoms. The number of benzene rings is 2. The van der Waals surface area contributed by atoms with E-state index in [4.69, 9.17) is 9.47 Å². The SMILES string of the molecule is COc1ccc2c(c1)CCN(C1CCN(C(=O)O[C@H](Cc3cc(C)c4[nH]ncc4c3)C(=O)N3CCC(N4CCN(C)CC4)CC3)CC1)C(=O)N2. The van der Waals surface area contributed by atoms with Gasteiger partial charge in [-0.1, -0.05) is 6.07 Å². The maximum absolute atomic E-state index is 14.1. The molecule has 3 aromatic rings. The standard InChI is InChI=1S/C37H50N8O5/c1-25-20-26(21-28-24-38-40-34(25)28)22-33(35(46)43-11-7-29(8-12-43)42-18-16-41(2)17-19-42)50-37(48)44-13-9-30(10-14-44)45-15-6-27-23-31(49-3)4-5-32(27)39-36(45)47/h4-5,20-21,23-24,29-30,33H,6-19,22H2,1-3H3,(H,38,40)(H,39,47)/t33-/m1/s1. The lowest BCUT2D eigenvalue weighted by atomic mass is 9.99. The third kappa shape index (κ3) is 7.39. The topological polar surface area (TPSA) is 127 Å². The molecular weight excluding hydrogens is 636 g/mol. The second kappa shape index (κ2) is 14.9. The van der Waals surface area contributed by atoms with Gasteiger partial charge in [-0.2, -0.15) is 5.10 Å². The maximum Gasteiger partial charge on any atom is 0.410 e. The number of hydrogen-bond donors (Lipinski definition) is 2. The summed E-state index contributed by atoms with van der Waals surface area (Å²) in [6.45, 7) is 9.09. The highest BCUT2D eigenvalue weighted by molar-refractivity contribution is 5.91. The summed E-state index contributed by atoms with van der Waals surface area (Å²) in [6.07, 6.45) is 4.50. The molecule has 4 aliphatic rings. The van der Waals surface area contributed by atoms with Crippen molar-refractivity contribution in [2.45, 2.75) is 63.6 Å². The molecule has 13 nitrogen and oxygen atoms in total. The van der Waals surface area contributed by atoms with E-state index in [-0.39, 0.29) is 18.0 Å². The molecule has 2 aromatic carbocycles. The summed E-state index contributed by atoms with van der Waals surface area (Å²) in [7, 11) is 3.80. The number of aryl methyl sites for hydroxylation is 1. The summed E-state index contributed by atoms with van der Waals surface area (Å²) < 4.78 is 11.5. The van der Waals surface area contributed by atoms with E-state index in [9.17, 15) is 14.4 Å². The van der Waals surface area contributed by atoms with Crippen LogP contribution in [0.4, 0.5) is 15.3 Å². The van der Waals surface area contributed by atoms with Gasteiger partial charge in [0.15, 0.2) is 6.10 Å². The van der Waals surface area contributed by atoms with Gasteiger partial charge in [0, 0.05) is 88.5 Å². The van der Waals surface area contributed by atoms with Gasteiger partial charge < -0.3 is 34.4 Å². The molecule has 1 atom stereocenters. The highest BCUT2D eigenvalue weighted by atomic mass is 16.6. The van der Waals surface area contributed by atoms with Crippen molar-refractivity contribution in [2.75, 3.05) is 78.4 Å². The van der Waals surface area contributed by atoms with Crippen LogP contribution in [0, 0.1) is 6.92 Å². The van der Waals surface area contributed by atoms with Gasteiger partial charge in [-0.15, -0.1) is 0 Å². The number of H-pyrrole nitrogens is 1. The minimum absolute atomic E-state index is 0.000974. The Labute approximate surface area is 293 Å². The number of hydrogen-bond acceptors (Lipinski definition) is 8. The zero-order valence-corrected chi connectivity index (χ0v) is 29.5. The van der Waals surface area contributed by atoms with Crippen LogP contribution in [-0.4, -0.2) is 144 Å². The third-order valence-corrected chi connectivity index (χ3v) is 11.2. The molecule has 1 aromatic heterocycles. The number of ether oxygens (including phenoxy) is 2. The zero-order valence-electron chi connectivity index (χ0n) is 29.5. The fraction of sp³-hybridized carbons (Fsp3) is 0.568. The number of amides is 4. The van der Waals surface area contributed by atoms with Crippen molar-refractivity contribution < 1.29 is 23.9 Å². The molecule has 2 N–H and O–H groups in total. The Hall–Kier alpha value is -4.36. The van der Waals surface area contributed by atoms with Gasteiger partial charge in [-0.3, -0.25) is 14.8 Å². The number of anilines is 1. The summed E-state index contributed by atoms with van der Waals surface area (Å²) >= 11 is 0. The lowest BCUT2D eigenvalue weighted by Gasteiger charge is -2.42. The number of piperazine rings is 1. The number of likely N-dealkylation sites (tertiary alicyclic amines) is 2. The first-order chi connectivity index (χ1) is 24.2. The lowest BCUT2D eigenvalue weighted by Crippen LogP contribution is -2.54. The van der Waals surface area contributed by atoms with Gasteiger partial charge in [0.25, 0.3) is 5.91 Å². The number of aromatic amines is 1. The fourth-order valence-corrected chi connectivity index (χ4v) is 8.13. The molecule has 0 unspecified atom stereocenters. The van der Waals surface area contributed by atoms with Gasteiger partial charge in [0.05, 0.1) is 18.8 Å². The Bertz CT molecular complexity index is 1690. The van der Waals surface area contributed by atoms with Gasteiger partial charge >= 0.3 is 12.1 Å². The smallest absolute Gasteiger partial charge is 0.410 e. The van der Waals surface area contributed by atoms with Crippen LogP contribution in [0.2, 0.25) is 0 Å². The van der Waals surface area contributed by atoms with Crippen molar-refractivity contribution in [3.05, 3.63) is 53.2 Å². The fourth-order valence-electron chi connectivity index (χ4n) is 8.13. The predicted molar refractivity (Wildman–Crippen MR) is 190 cm³/mol. The van der Waals surface area contributed by atoms with Crippen molar-refractivity contribution in [3.63, 3.8) is 0 Å². The second-order valence-corrected chi connectivity index (χ2v) is 14.3. The summed E-state index contributed by atoms with van der Waals surface area (Å²) in [5.74, 6) is 0.634. The molecule has 0 saturated carbocycles. The zero-order chi connectivity index (χ0) is 34.8. The first-order valence-electron chi connectivity index (χ1n) is 18.1. The number of carbonyl (C=O) groups is 3. The molecule has 3 fully saturated rings. The molecule has 3 saturated heterocycles. The summed E-state index contributed by atoms with van der Waals surface area (Å²) in [6, 6.07) is 10.1. The van der Waals surface area contributed by atoms with Crippen LogP contribution in [0.3, 0.4) is 0 Å². The maximum atomic E-state index is 14.1. The number of aromatic nitrogens is 2. The highest BCUT2D eigenvalue weighted by Gasteiger charge is 2.36. The molecule has 0 aliphatic carbocycles. The summed E-state index contributed by atoms with van der Waals surface area (Å²) in [5, 5.41) is 11.2. The summed E-state index contributed by atoms with van der Waals surface area (Å²) in [4.78, 5) is 51.5. The van der Waals surface area contributed by atoms with E-state index in [1.54, 1.807) is 18.2 Å². The monoisotopic (exact) mass is 686 g/mol. The Kier molecular flexibility index (Phi) is 10.1. The first-order valence-corrected chi connectivity index (χ1v) is 18.1. The van der Waals surface area contributed by atoms with E-state index in [2.05, 4.69) is 32.4 Å². The Morgan fingerprint density at radius 2 is 1.64 bits per heavy atom. The van der Waals surface area contributed by atoms with Crippen LogP contribution in [0.1, 0.15) is 42.4 Å². The Balaban J connectivity index is 0.991. The van der Waals surface area contributed by atoms with Crippen LogP contribution in [0.25, 0.3) is 10.9 Å². The number of nitrogens with one attached hydrogen (secondary N) is 2. The highest BCUT2D eigenvalue weighted by Crippen LogP contribution is 2.29. The average Bonchev–Trinajstić information content (AvgIpc) is 3.55. The van der Waals surface area contributed by atoms with Gasteiger partial charge in [0.2, 0.25) is 0 Å². The third-order valence-electron chi connectivity index (χ3n) is 11.2. The molecule has 4 aliphatic heterocycles. The van der Waals surface area contributed by atoms with Gasteiger partial charge in [-0.25, -0.2) is 9.59 Å². The Morgan fingerprint density at radius 3 is 2.38 bits per heavy atom. The van der Waals surface area contributed by atoms with Gasteiger partial charge in [-0.05, 0) is 87.0 Å². The van der Waals surface area contributed by atoms with E-state index in [1.165, 1.54) is 0 Å². The molecule has 0 spiro atoms. The number of carbonyl (C=O) groups excluding carboxylic acids is 3. The largest absolute Gasteiger partial charge is 0.497 e. The van der Waals surface area contributed by atoms with Crippen molar-refractivity contribution in [3.8, 4) is 5.75 Å². The molecule has 50 heavy (non-hydrogen) atoms. The average molecular weight is 687 g/mol. The van der Waals surface area contributed by atoms with Gasteiger partial charge in [0.1, 0.15) is 5.75 Å². The number of likely N-dealkylation sites (N-methyl/N-ethyl adjacent to an activating group) is 1. The second-order valence-electron chi connectivity index (χ2n) is 14.3. The van der Waals surface area contributed by atoms with E-state index in [1.807, 2.05) is 47.1 Å². The van der Waals surface area contributed by atoms with Crippen LogP contribution in [-0.2, 0) is 22.4 Å². The number of rotatable bonds is 7. The molecular formula is C37H50N8O5.